The van der Waals surface area contributed by atoms with Gasteiger partial charge in [0, 0.05) is 31.5 Å². The second-order valence-electron chi connectivity index (χ2n) is 6.17. The third-order valence-corrected chi connectivity index (χ3v) is 4.71. The van der Waals surface area contributed by atoms with E-state index in [1.165, 1.54) is 22.5 Å². The molecular weight excluding hydrogens is 290 g/mol. The zero-order valence-electron chi connectivity index (χ0n) is 14.1. The third-order valence-electron chi connectivity index (χ3n) is 4.71. The van der Waals surface area contributed by atoms with Gasteiger partial charge in [-0.25, -0.2) is 0 Å². The van der Waals surface area contributed by atoms with Crippen LogP contribution in [-0.4, -0.2) is 32.8 Å². The summed E-state index contributed by atoms with van der Waals surface area (Å²) in [5.74, 6) is 0.391. The standard InChI is InChI=1S/C19H23NO3/c1-12-5-7-17-15(9-12)16-10-14(13(2)21)6-8-18(16)20(17)11-19(22-3)23-4/h5-9,16,19H,10-11H2,1-4H3. The van der Waals surface area contributed by atoms with Gasteiger partial charge in [0.15, 0.2) is 12.1 Å². The number of nitrogens with zero attached hydrogens (tertiary/aromatic N) is 1. The molecular formula is C19H23NO3. The van der Waals surface area contributed by atoms with Crippen molar-refractivity contribution < 1.29 is 14.3 Å². The Morgan fingerprint density at radius 1 is 1.30 bits per heavy atom. The van der Waals surface area contributed by atoms with E-state index in [0.29, 0.717) is 6.54 Å². The molecule has 1 aromatic carbocycles. The summed E-state index contributed by atoms with van der Waals surface area (Å²) in [4.78, 5) is 14.0. The number of ketones is 1. The van der Waals surface area contributed by atoms with Crippen molar-refractivity contribution >= 4 is 11.5 Å². The number of anilines is 1. The fourth-order valence-corrected chi connectivity index (χ4v) is 3.44. The fraction of sp³-hybridized carbons (Fsp3) is 0.421. The summed E-state index contributed by atoms with van der Waals surface area (Å²) < 4.78 is 10.8. The Morgan fingerprint density at radius 3 is 2.70 bits per heavy atom. The molecule has 0 saturated carbocycles. The van der Waals surface area contributed by atoms with Gasteiger partial charge in [0.25, 0.3) is 0 Å². The summed E-state index contributed by atoms with van der Waals surface area (Å²) in [6.45, 7) is 4.37. The number of carbonyl (C=O) groups is 1. The summed E-state index contributed by atoms with van der Waals surface area (Å²) in [5.41, 5.74) is 5.81. The van der Waals surface area contributed by atoms with Gasteiger partial charge in [0.1, 0.15) is 0 Å². The molecule has 0 bridgehead atoms. The highest BCUT2D eigenvalue weighted by Crippen LogP contribution is 2.48. The minimum absolute atomic E-state index is 0.152. The van der Waals surface area contributed by atoms with Crippen molar-refractivity contribution in [1.29, 1.82) is 0 Å². The van der Waals surface area contributed by atoms with Gasteiger partial charge < -0.3 is 14.4 Å². The maximum absolute atomic E-state index is 11.8. The van der Waals surface area contributed by atoms with Gasteiger partial charge in [-0.2, -0.15) is 0 Å². The minimum atomic E-state index is -0.290. The Bertz CT molecular complexity index is 686. The van der Waals surface area contributed by atoms with Crippen molar-refractivity contribution in [3.63, 3.8) is 0 Å². The van der Waals surface area contributed by atoms with E-state index >= 15 is 0 Å². The van der Waals surface area contributed by atoms with Crippen LogP contribution in [0.15, 0.2) is 41.6 Å². The number of allylic oxidation sites excluding steroid dienone is 4. The van der Waals surface area contributed by atoms with E-state index in [9.17, 15) is 4.79 Å². The second kappa shape index (κ2) is 6.30. The van der Waals surface area contributed by atoms with Crippen LogP contribution in [0, 0.1) is 6.92 Å². The maximum atomic E-state index is 11.8. The highest BCUT2D eigenvalue weighted by molar-refractivity contribution is 5.94. The Labute approximate surface area is 137 Å². The van der Waals surface area contributed by atoms with Gasteiger partial charge in [-0.05, 0) is 43.5 Å². The molecule has 3 rings (SSSR count). The van der Waals surface area contributed by atoms with Crippen molar-refractivity contribution in [2.45, 2.75) is 32.5 Å². The summed E-state index contributed by atoms with van der Waals surface area (Å²) in [6, 6.07) is 6.50. The average molecular weight is 313 g/mol. The number of hydrogen-bond donors (Lipinski definition) is 0. The summed E-state index contributed by atoms with van der Waals surface area (Å²) >= 11 is 0. The Kier molecular flexibility index (Phi) is 4.37. The van der Waals surface area contributed by atoms with Crippen LogP contribution < -0.4 is 4.90 Å². The largest absolute Gasteiger partial charge is 0.354 e. The summed E-state index contributed by atoms with van der Waals surface area (Å²) in [5, 5.41) is 0. The molecule has 0 aromatic heterocycles. The SMILES string of the molecule is COC(CN1C2=CC=C(C(C)=O)CC2c2cc(C)ccc21)OC. The van der Waals surface area contributed by atoms with Gasteiger partial charge in [0.2, 0.25) is 0 Å². The topological polar surface area (TPSA) is 38.8 Å². The number of carbonyl (C=O) groups excluding carboxylic acids is 1. The van der Waals surface area contributed by atoms with E-state index in [4.69, 9.17) is 9.47 Å². The summed E-state index contributed by atoms with van der Waals surface area (Å²) in [7, 11) is 3.31. The number of methoxy groups -OCH3 is 2. The lowest BCUT2D eigenvalue weighted by Gasteiger charge is -2.28. The highest BCUT2D eigenvalue weighted by Gasteiger charge is 2.37. The van der Waals surface area contributed by atoms with Crippen molar-refractivity contribution in [3.05, 3.63) is 52.7 Å². The second-order valence-corrected chi connectivity index (χ2v) is 6.17. The van der Waals surface area contributed by atoms with Crippen LogP contribution >= 0.6 is 0 Å². The molecule has 4 heteroatoms. The number of fused-ring (bicyclic) bond motifs is 3. The van der Waals surface area contributed by atoms with Crippen LogP contribution in [0.2, 0.25) is 0 Å². The van der Waals surface area contributed by atoms with Crippen LogP contribution in [0.5, 0.6) is 0 Å². The molecule has 0 N–H and O–H groups in total. The Hall–Kier alpha value is -1.91. The lowest BCUT2D eigenvalue weighted by molar-refractivity contribution is -0.113. The van der Waals surface area contributed by atoms with Crippen molar-refractivity contribution in [2.75, 3.05) is 25.7 Å². The first-order chi connectivity index (χ1) is 11.0. The molecule has 0 radical (unpaired) electrons. The first-order valence-electron chi connectivity index (χ1n) is 7.90. The molecule has 1 heterocycles. The number of aryl methyl sites for hydroxylation is 1. The first-order valence-corrected chi connectivity index (χ1v) is 7.90. The third kappa shape index (κ3) is 2.84. The van der Waals surface area contributed by atoms with Crippen LogP contribution in [0.25, 0.3) is 0 Å². The molecule has 1 atom stereocenters. The van der Waals surface area contributed by atoms with E-state index in [1.54, 1.807) is 21.1 Å². The van der Waals surface area contributed by atoms with Crippen LogP contribution in [0.3, 0.4) is 0 Å². The molecule has 1 unspecified atom stereocenters. The Morgan fingerprint density at radius 2 is 2.04 bits per heavy atom. The lowest BCUT2D eigenvalue weighted by atomic mass is 9.86. The molecule has 1 aliphatic carbocycles. The molecule has 0 saturated heterocycles. The molecule has 1 aromatic rings. The number of ether oxygens (including phenoxy) is 2. The molecule has 0 spiro atoms. The number of hydrogen-bond acceptors (Lipinski definition) is 4. The Balaban J connectivity index is 2.02. The van der Waals surface area contributed by atoms with Crippen molar-refractivity contribution in [2.24, 2.45) is 0 Å². The van der Waals surface area contributed by atoms with Gasteiger partial charge in [-0.3, -0.25) is 4.79 Å². The quantitative estimate of drug-likeness (QED) is 0.782. The van der Waals surface area contributed by atoms with E-state index < -0.39 is 0 Å². The van der Waals surface area contributed by atoms with Gasteiger partial charge in [0.05, 0.1) is 6.54 Å². The minimum Gasteiger partial charge on any atom is -0.354 e. The van der Waals surface area contributed by atoms with Crippen LogP contribution in [0.1, 0.15) is 30.4 Å². The van der Waals surface area contributed by atoms with Gasteiger partial charge in [-0.1, -0.05) is 23.8 Å². The number of benzene rings is 1. The summed E-state index contributed by atoms with van der Waals surface area (Å²) in [6.07, 6.45) is 4.50. The zero-order valence-corrected chi connectivity index (χ0v) is 14.1. The van der Waals surface area contributed by atoms with Crippen molar-refractivity contribution in [1.82, 2.24) is 0 Å². The molecule has 2 aliphatic rings. The number of Topliss-reactive ketones (excluding diaryl/α,β-unsaturated/α-hetero) is 1. The molecule has 23 heavy (non-hydrogen) atoms. The normalized spacial score (nSPS) is 19.3. The highest BCUT2D eigenvalue weighted by atomic mass is 16.7. The van der Waals surface area contributed by atoms with Crippen LogP contribution in [0.4, 0.5) is 5.69 Å². The maximum Gasteiger partial charge on any atom is 0.174 e. The van der Waals surface area contributed by atoms with Gasteiger partial charge in [-0.15, -0.1) is 0 Å². The zero-order chi connectivity index (χ0) is 16.6. The molecule has 1 aliphatic heterocycles. The predicted molar refractivity (Wildman–Crippen MR) is 90.5 cm³/mol. The molecule has 4 nitrogen and oxygen atoms in total. The smallest absolute Gasteiger partial charge is 0.174 e. The van der Waals surface area contributed by atoms with Gasteiger partial charge >= 0.3 is 0 Å². The average Bonchev–Trinajstić information content (AvgIpc) is 2.85. The number of rotatable bonds is 5. The lowest BCUT2D eigenvalue weighted by Crippen LogP contribution is -2.33. The van der Waals surface area contributed by atoms with E-state index in [1.807, 2.05) is 6.08 Å². The van der Waals surface area contributed by atoms with E-state index in [-0.39, 0.29) is 18.0 Å². The fourth-order valence-electron chi connectivity index (χ4n) is 3.44. The van der Waals surface area contributed by atoms with E-state index in [2.05, 4.69) is 36.1 Å². The van der Waals surface area contributed by atoms with E-state index in [0.717, 1.165) is 12.0 Å². The monoisotopic (exact) mass is 313 g/mol. The molecule has 122 valence electrons. The first kappa shape index (κ1) is 16.0. The predicted octanol–water partition coefficient (Wildman–Crippen LogP) is 3.32. The molecule has 0 fully saturated rings. The van der Waals surface area contributed by atoms with Crippen molar-refractivity contribution in [3.8, 4) is 0 Å². The van der Waals surface area contributed by atoms with Crippen LogP contribution in [-0.2, 0) is 14.3 Å². The molecule has 0 amide bonds.